The summed E-state index contributed by atoms with van der Waals surface area (Å²) in [5.74, 6) is 1.29. The molecular formula is C17H21N7O. The summed E-state index contributed by atoms with van der Waals surface area (Å²) in [6.07, 6.45) is 3.66. The molecule has 0 aliphatic carbocycles. The van der Waals surface area contributed by atoms with Crippen LogP contribution in [0.3, 0.4) is 0 Å². The number of aromatic nitrogens is 6. The van der Waals surface area contributed by atoms with E-state index in [1.807, 2.05) is 29.6 Å². The van der Waals surface area contributed by atoms with Gasteiger partial charge in [-0.25, -0.2) is 4.68 Å². The molecule has 0 bridgehead atoms. The number of fused-ring (bicyclic) bond motifs is 1. The Kier molecular flexibility index (Phi) is 4.04. The van der Waals surface area contributed by atoms with Crippen LogP contribution in [0.2, 0.25) is 0 Å². The third-order valence-electron chi connectivity index (χ3n) is 4.85. The molecule has 0 saturated carbocycles. The number of piperidine rings is 1. The van der Waals surface area contributed by atoms with Crippen LogP contribution in [-0.4, -0.2) is 47.6 Å². The molecule has 0 unspecified atom stereocenters. The van der Waals surface area contributed by atoms with Crippen molar-refractivity contribution in [3.63, 3.8) is 0 Å². The van der Waals surface area contributed by atoms with Crippen LogP contribution in [0, 0.1) is 6.92 Å². The monoisotopic (exact) mass is 339 g/mol. The number of likely N-dealkylation sites (tertiary alicyclic amines) is 1. The summed E-state index contributed by atoms with van der Waals surface area (Å²) in [5, 5.41) is 17.1. The van der Waals surface area contributed by atoms with Crippen molar-refractivity contribution in [1.82, 2.24) is 34.5 Å². The molecular weight excluding hydrogens is 318 g/mol. The lowest BCUT2D eigenvalue weighted by Crippen LogP contribution is -2.35. The molecule has 0 amide bonds. The van der Waals surface area contributed by atoms with Gasteiger partial charge >= 0.3 is 0 Å². The summed E-state index contributed by atoms with van der Waals surface area (Å²) in [4.78, 5) is 14.4. The highest BCUT2D eigenvalue weighted by Crippen LogP contribution is 2.27. The summed E-state index contributed by atoms with van der Waals surface area (Å²) >= 11 is 0. The third kappa shape index (κ3) is 3.05. The Labute approximate surface area is 145 Å². The first-order valence-corrected chi connectivity index (χ1v) is 8.54. The zero-order valence-corrected chi connectivity index (χ0v) is 14.5. The first-order chi connectivity index (χ1) is 12.1. The van der Waals surface area contributed by atoms with Crippen molar-refractivity contribution < 1.29 is 0 Å². The van der Waals surface area contributed by atoms with Crippen LogP contribution < -0.4 is 5.56 Å². The van der Waals surface area contributed by atoms with E-state index in [1.165, 1.54) is 4.68 Å². The van der Waals surface area contributed by atoms with E-state index in [0.717, 1.165) is 48.7 Å². The van der Waals surface area contributed by atoms with E-state index in [4.69, 9.17) is 0 Å². The predicted molar refractivity (Wildman–Crippen MR) is 92.2 cm³/mol. The van der Waals surface area contributed by atoms with E-state index < -0.39 is 0 Å². The normalized spacial score (nSPS) is 16.6. The Bertz CT molecular complexity index is 953. The molecule has 0 radical (unpaired) electrons. The Morgan fingerprint density at radius 3 is 2.76 bits per heavy atom. The fourth-order valence-corrected chi connectivity index (χ4v) is 3.42. The molecule has 8 heteroatoms. The smallest absolute Gasteiger partial charge is 0.270 e. The maximum atomic E-state index is 12.1. The van der Waals surface area contributed by atoms with Gasteiger partial charge in [0.1, 0.15) is 0 Å². The summed E-state index contributed by atoms with van der Waals surface area (Å²) in [5.41, 5.74) is 2.52. The van der Waals surface area contributed by atoms with Crippen LogP contribution in [-0.2, 0) is 13.6 Å². The maximum absolute atomic E-state index is 12.1. The van der Waals surface area contributed by atoms with Gasteiger partial charge in [-0.05, 0) is 51.1 Å². The molecule has 4 rings (SSSR count). The molecule has 1 aliphatic heterocycles. The molecule has 1 fully saturated rings. The average molecular weight is 339 g/mol. The lowest BCUT2D eigenvalue weighted by molar-refractivity contribution is 0.199. The minimum atomic E-state index is -0.0206. The third-order valence-corrected chi connectivity index (χ3v) is 4.85. The molecule has 4 heterocycles. The standard InChI is InChI=1S/C17H21N7O/c1-12-3-4-15-19-20-16(24(15)21-12)13-6-9-23(10-7-13)11-14-5-8-18-22(2)17(14)25/h3-5,8,13H,6-7,9-11H2,1-2H3. The number of nitrogens with zero attached hydrogens (tertiary/aromatic N) is 7. The van der Waals surface area contributed by atoms with Crippen LogP contribution >= 0.6 is 0 Å². The largest absolute Gasteiger partial charge is 0.299 e. The molecule has 0 aromatic carbocycles. The highest BCUT2D eigenvalue weighted by molar-refractivity contribution is 5.36. The van der Waals surface area contributed by atoms with Gasteiger partial charge in [0.25, 0.3) is 5.56 Å². The summed E-state index contributed by atoms with van der Waals surface area (Å²) in [7, 11) is 1.68. The van der Waals surface area contributed by atoms with Crippen molar-refractivity contribution in [1.29, 1.82) is 0 Å². The predicted octanol–water partition coefficient (Wildman–Crippen LogP) is 0.906. The van der Waals surface area contributed by atoms with Crippen molar-refractivity contribution in [2.24, 2.45) is 7.05 Å². The summed E-state index contributed by atoms with van der Waals surface area (Å²) in [6, 6.07) is 5.71. The van der Waals surface area contributed by atoms with Crippen LogP contribution in [0.5, 0.6) is 0 Å². The van der Waals surface area contributed by atoms with E-state index in [9.17, 15) is 4.79 Å². The lowest BCUT2D eigenvalue weighted by Gasteiger charge is -2.30. The van der Waals surface area contributed by atoms with Gasteiger partial charge in [0.2, 0.25) is 0 Å². The highest BCUT2D eigenvalue weighted by atomic mass is 16.1. The van der Waals surface area contributed by atoms with Crippen LogP contribution in [0.4, 0.5) is 0 Å². The molecule has 8 nitrogen and oxygen atoms in total. The van der Waals surface area contributed by atoms with Gasteiger partial charge < -0.3 is 0 Å². The van der Waals surface area contributed by atoms with Crippen molar-refractivity contribution in [3.8, 4) is 0 Å². The van der Waals surface area contributed by atoms with Crippen LogP contribution in [0.1, 0.15) is 35.8 Å². The minimum absolute atomic E-state index is 0.0206. The lowest BCUT2D eigenvalue weighted by atomic mass is 9.96. The van der Waals surface area contributed by atoms with Gasteiger partial charge in [0.15, 0.2) is 11.5 Å². The van der Waals surface area contributed by atoms with Gasteiger partial charge in [-0.2, -0.15) is 14.7 Å². The number of rotatable bonds is 3. The molecule has 0 N–H and O–H groups in total. The van der Waals surface area contributed by atoms with E-state index in [1.54, 1.807) is 13.2 Å². The molecule has 25 heavy (non-hydrogen) atoms. The van der Waals surface area contributed by atoms with Crippen molar-refractivity contribution >= 4 is 5.65 Å². The van der Waals surface area contributed by atoms with Gasteiger partial charge in [0.05, 0.1) is 5.69 Å². The maximum Gasteiger partial charge on any atom is 0.270 e. The molecule has 3 aromatic heterocycles. The first-order valence-electron chi connectivity index (χ1n) is 8.54. The molecule has 0 atom stereocenters. The van der Waals surface area contributed by atoms with E-state index in [2.05, 4.69) is 25.3 Å². The first kappa shape index (κ1) is 15.9. The van der Waals surface area contributed by atoms with Crippen LogP contribution in [0.25, 0.3) is 5.65 Å². The Hall–Kier alpha value is -2.61. The molecule has 1 saturated heterocycles. The number of hydrogen-bond acceptors (Lipinski definition) is 6. The van der Waals surface area contributed by atoms with Crippen molar-refractivity contribution in [2.75, 3.05) is 13.1 Å². The second kappa shape index (κ2) is 6.36. The zero-order chi connectivity index (χ0) is 17.4. The van der Waals surface area contributed by atoms with Crippen molar-refractivity contribution in [2.45, 2.75) is 32.2 Å². The Morgan fingerprint density at radius 1 is 1.16 bits per heavy atom. The Balaban J connectivity index is 1.47. The quantitative estimate of drug-likeness (QED) is 0.705. The highest BCUT2D eigenvalue weighted by Gasteiger charge is 2.25. The van der Waals surface area contributed by atoms with Gasteiger partial charge in [-0.3, -0.25) is 9.69 Å². The topological polar surface area (TPSA) is 81.2 Å². The average Bonchev–Trinajstić information content (AvgIpc) is 3.03. The van der Waals surface area contributed by atoms with Crippen LogP contribution in [0.15, 0.2) is 29.2 Å². The molecule has 1 aliphatic rings. The SMILES string of the molecule is Cc1ccc2nnc(C3CCN(Cc4ccnn(C)c4=O)CC3)n2n1. The van der Waals surface area contributed by atoms with E-state index >= 15 is 0 Å². The Morgan fingerprint density at radius 2 is 1.96 bits per heavy atom. The van der Waals surface area contributed by atoms with Gasteiger partial charge in [-0.15, -0.1) is 10.2 Å². The second-order valence-corrected chi connectivity index (χ2v) is 6.64. The number of aryl methyl sites for hydroxylation is 2. The zero-order valence-electron chi connectivity index (χ0n) is 14.5. The summed E-state index contributed by atoms with van der Waals surface area (Å²) < 4.78 is 3.26. The molecule has 0 spiro atoms. The molecule has 3 aromatic rings. The number of hydrogen-bond donors (Lipinski definition) is 0. The fourth-order valence-electron chi connectivity index (χ4n) is 3.42. The second-order valence-electron chi connectivity index (χ2n) is 6.64. The molecule has 130 valence electrons. The van der Waals surface area contributed by atoms with Gasteiger partial charge in [-0.1, -0.05) is 0 Å². The van der Waals surface area contributed by atoms with E-state index in [0.29, 0.717) is 12.5 Å². The minimum Gasteiger partial charge on any atom is -0.299 e. The summed E-state index contributed by atoms with van der Waals surface area (Å²) in [6.45, 7) is 4.49. The van der Waals surface area contributed by atoms with E-state index in [-0.39, 0.29) is 5.56 Å². The van der Waals surface area contributed by atoms with Crippen molar-refractivity contribution in [3.05, 3.63) is 51.8 Å². The fraction of sp³-hybridized carbons (Fsp3) is 0.471. The van der Waals surface area contributed by atoms with Gasteiger partial charge in [0, 0.05) is 31.3 Å².